The number of benzene rings is 2. The summed E-state index contributed by atoms with van der Waals surface area (Å²) in [6.07, 6.45) is -4.60. The van der Waals surface area contributed by atoms with Gasteiger partial charge in [-0.15, -0.1) is 10.2 Å². The molecule has 0 saturated carbocycles. The van der Waals surface area contributed by atoms with Crippen LogP contribution >= 0.6 is 0 Å². The zero-order valence-corrected chi connectivity index (χ0v) is 14.1. The first-order chi connectivity index (χ1) is 12.8. The number of hydrogen-bond acceptors (Lipinski definition) is 5. The van der Waals surface area contributed by atoms with E-state index in [0.29, 0.717) is 10.2 Å². The molecule has 0 amide bonds. The molecule has 27 heavy (non-hydrogen) atoms. The Balaban J connectivity index is 1.82. The van der Waals surface area contributed by atoms with E-state index < -0.39 is 11.9 Å². The second kappa shape index (κ2) is 6.04. The Labute approximate surface area is 151 Å². The second-order valence-electron chi connectivity index (χ2n) is 5.98. The number of alkyl halides is 3. The third-order valence-electron chi connectivity index (χ3n) is 4.01. The number of anilines is 1. The monoisotopic (exact) mass is 370 g/mol. The summed E-state index contributed by atoms with van der Waals surface area (Å²) in [4.78, 5) is 4.10. The molecule has 2 heterocycles. The Bertz CT molecular complexity index is 1190. The first-order valence-electron chi connectivity index (χ1n) is 7.96. The van der Waals surface area contributed by atoms with Gasteiger partial charge >= 0.3 is 6.18 Å². The maximum Gasteiger partial charge on any atom is 0.433 e. The number of nitrogens with zero attached hydrogens (tertiary/aromatic N) is 5. The lowest BCUT2D eigenvalue weighted by Gasteiger charge is -2.09. The molecule has 9 heteroatoms. The van der Waals surface area contributed by atoms with Gasteiger partial charge in [0.1, 0.15) is 5.69 Å². The molecule has 0 fully saturated rings. The normalized spacial score (nSPS) is 12.4. The third-order valence-corrected chi connectivity index (χ3v) is 4.01. The molecule has 0 bridgehead atoms. The van der Waals surface area contributed by atoms with E-state index in [4.69, 9.17) is 5.73 Å². The fourth-order valence-corrected chi connectivity index (χ4v) is 2.79. The molecule has 0 aliphatic rings. The number of halogens is 3. The van der Waals surface area contributed by atoms with Crippen LogP contribution in [0, 0.1) is 6.92 Å². The average Bonchev–Trinajstić information content (AvgIpc) is 2.93. The molecular formula is C18H13F3N6. The molecule has 136 valence electrons. The summed E-state index contributed by atoms with van der Waals surface area (Å²) in [5, 5.41) is 13.9. The van der Waals surface area contributed by atoms with E-state index in [2.05, 4.69) is 20.3 Å². The fourth-order valence-electron chi connectivity index (χ4n) is 2.79. The first kappa shape index (κ1) is 17.0. The smallest absolute Gasteiger partial charge is 0.380 e. The molecule has 4 aromatic rings. The van der Waals surface area contributed by atoms with Crippen LogP contribution in [-0.2, 0) is 6.18 Å². The third kappa shape index (κ3) is 3.07. The zero-order chi connectivity index (χ0) is 19.2. The first-order valence-corrected chi connectivity index (χ1v) is 7.96. The Morgan fingerprint density at radius 2 is 1.74 bits per heavy atom. The molecule has 2 aromatic carbocycles. The highest BCUT2D eigenvalue weighted by molar-refractivity contribution is 5.85. The maximum atomic E-state index is 13.3. The lowest BCUT2D eigenvalue weighted by Crippen LogP contribution is -2.13. The number of azo groups is 1. The molecule has 0 spiro atoms. The molecule has 2 aromatic heterocycles. The Hall–Kier alpha value is -3.49. The van der Waals surface area contributed by atoms with E-state index in [0.717, 1.165) is 16.8 Å². The lowest BCUT2D eigenvalue weighted by atomic mass is 10.1. The summed E-state index contributed by atoms with van der Waals surface area (Å²) in [6, 6.07) is 14.1. The van der Waals surface area contributed by atoms with E-state index in [9.17, 15) is 13.2 Å². The number of aromatic nitrogens is 3. The molecule has 0 radical (unpaired) electrons. The van der Waals surface area contributed by atoms with Gasteiger partial charge in [0.15, 0.2) is 17.2 Å². The molecule has 0 aliphatic heterocycles. The Morgan fingerprint density at radius 3 is 2.48 bits per heavy atom. The minimum Gasteiger partial charge on any atom is -0.380 e. The number of nitrogen functional groups attached to an aromatic ring is 1. The molecule has 0 unspecified atom stereocenters. The van der Waals surface area contributed by atoms with E-state index in [-0.39, 0.29) is 22.8 Å². The largest absolute Gasteiger partial charge is 0.433 e. The zero-order valence-electron chi connectivity index (χ0n) is 14.1. The van der Waals surface area contributed by atoms with E-state index >= 15 is 0 Å². The van der Waals surface area contributed by atoms with Gasteiger partial charge in [-0.3, -0.25) is 0 Å². The number of nitrogens with two attached hydrogens (primary N) is 1. The predicted molar refractivity (Wildman–Crippen MR) is 95.3 cm³/mol. The van der Waals surface area contributed by atoms with Crippen molar-refractivity contribution >= 4 is 33.6 Å². The minimum atomic E-state index is -4.60. The van der Waals surface area contributed by atoms with Gasteiger partial charge in [-0.2, -0.15) is 18.3 Å². The van der Waals surface area contributed by atoms with Crippen LogP contribution in [0.4, 0.5) is 30.4 Å². The van der Waals surface area contributed by atoms with Crippen molar-refractivity contribution in [1.29, 1.82) is 0 Å². The average molecular weight is 370 g/mol. The van der Waals surface area contributed by atoms with E-state index in [1.807, 2.05) is 36.4 Å². The van der Waals surface area contributed by atoms with E-state index in [1.54, 1.807) is 6.07 Å². The van der Waals surface area contributed by atoms with Crippen molar-refractivity contribution < 1.29 is 13.2 Å². The van der Waals surface area contributed by atoms with Gasteiger partial charge in [0.25, 0.3) is 0 Å². The Morgan fingerprint density at radius 1 is 1.00 bits per heavy atom. The van der Waals surface area contributed by atoms with Crippen molar-refractivity contribution in [2.24, 2.45) is 10.2 Å². The predicted octanol–water partition coefficient (Wildman–Crippen LogP) is 5.21. The highest BCUT2D eigenvalue weighted by atomic mass is 19.4. The van der Waals surface area contributed by atoms with E-state index in [1.165, 1.54) is 6.92 Å². The summed E-state index contributed by atoms with van der Waals surface area (Å²) >= 11 is 0. The summed E-state index contributed by atoms with van der Waals surface area (Å²) in [5.41, 5.74) is 5.43. The number of hydrogen-bond donors (Lipinski definition) is 1. The van der Waals surface area contributed by atoms with Gasteiger partial charge < -0.3 is 5.73 Å². The van der Waals surface area contributed by atoms with Crippen molar-refractivity contribution in [3.8, 4) is 0 Å². The van der Waals surface area contributed by atoms with Crippen LogP contribution in [0.3, 0.4) is 0 Å². The van der Waals surface area contributed by atoms with Gasteiger partial charge in [0, 0.05) is 5.69 Å². The summed E-state index contributed by atoms with van der Waals surface area (Å²) in [7, 11) is 0. The van der Waals surface area contributed by atoms with Gasteiger partial charge in [-0.25, -0.2) is 9.50 Å². The minimum absolute atomic E-state index is 0.00245. The number of fused-ring (bicyclic) bond motifs is 2. The van der Waals surface area contributed by atoms with Crippen LogP contribution < -0.4 is 5.73 Å². The van der Waals surface area contributed by atoms with Crippen LogP contribution in [0.25, 0.3) is 16.4 Å². The van der Waals surface area contributed by atoms with Crippen LogP contribution in [0.15, 0.2) is 58.8 Å². The topological polar surface area (TPSA) is 80.9 Å². The maximum absolute atomic E-state index is 13.3. The quantitative estimate of drug-likeness (QED) is 0.492. The summed E-state index contributed by atoms with van der Waals surface area (Å²) < 4.78 is 40.4. The van der Waals surface area contributed by atoms with Crippen LogP contribution in [0.2, 0.25) is 0 Å². The Kier molecular flexibility index (Phi) is 3.79. The molecule has 0 saturated heterocycles. The molecule has 4 rings (SSSR count). The van der Waals surface area contributed by atoms with Crippen LogP contribution in [0.5, 0.6) is 0 Å². The van der Waals surface area contributed by atoms with Crippen molar-refractivity contribution in [3.05, 3.63) is 59.9 Å². The van der Waals surface area contributed by atoms with Gasteiger partial charge in [0.2, 0.25) is 0 Å². The molecule has 6 nitrogen and oxygen atoms in total. The highest BCUT2D eigenvalue weighted by Crippen LogP contribution is 2.35. The van der Waals surface area contributed by atoms with Gasteiger partial charge in [-0.1, -0.05) is 30.3 Å². The van der Waals surface area contributed by atoms with Crippen molar-refractivity contribution in [1.82, 2.24) is 14.6 Å². The molecule has 2 N–H and O–H groups in total. The van der Waals surface area contributed by atoms with Crippen LogP contribution in [0.1, 0.15) is 11.4 Å². The summed E-state index contributed by atoms with van der Waals surface area (Å²) in [5.74, 6) is -0.178. The number of aryl methyl sites for hydroxylation is 1. The SMILES string of the molecule is Cc1cc(C(F)(F)F)n2nc(N)c(N=Nc3ccc4ccccc4c3)c2n1. The fraction of sp³-hybridized carbons (Fsp3) is 0.111. The number of rotatable bonds is 2. The molecule has 0 atom stereocenters. The highest BCUT2D eigenvalue weighted by Gasteiger charge is 2.35. The molecular weight excluding hydrogens is 357 g/mol. The second-order valence-corrected chi connectivity index (χ2v) is 5.98. The lowest BCUT2D eigenvalue weighted by molar-refractivity contribution is -0.142. The standard InChI is InChI=1S/C18H13F3N6/c1-10-8-14(18(19,20)21)27-17(23-10)15(16(22)26-27)25-24-13-7-6-11-4-2-3-5-12(11)9-13/h2-9H,1H3,(H2,22,26). The summed E-state index contributed by atoms with van der Waals surface area (Å²) in [6.45, 7) is 1.46. The van der Waals surface area contributed by atoms with Crippen molar-refractivity contribution in [3.63, 3.8) is 0 Å². The van der Waals surface area contributed by atoms with Gasteiger partial charge in [0.05, 0.1) is 5.69 Å². The van der Waals surface area contributed by atoms with Crippen molar-refractivity contribution in [2.45, 2.75) is 13.1 Å². The van der Waals surface area contributed by atoms with Gasteiger partial charge in [-0.05, 0) is 35.9 Å². The van der Waals surface area contributed by atoms with Crippen LogP contribution in [-0.4, -0.2) is 14.6 Å². The molecule has 0 aliphatic carbocycles. The van der Waals surface area contributed by atoms with Crippen molar-refractivity contribution in [2.75, 3.05) is 5.73 Å².